The molecule has 0 spiro atoms. The van der Waals surface area contributed by atoms with E-state index in [1.165, 1.54) is 9.75 Å². The van der Waals surface area contributed by atoms with E-state index >= 15 is 0 Å². The molecule has 1 atom stereocenters. The van der Waals surface area contributed by atoms with Crippen LogP contribution in [0.15, 0.2) is 12.1 Å². The molecule has 11 heavy (non-hydrogen) atoms. The summed E-state index contributed by atoms with van der Waals surface area (Å²) in [7, 11) is 1.67. The topological polar surface area (TPSA) is 35.2 Å². The second-order valence-electron chi connectivity index (χ2n) is 2.51. The predicted molar refractivity (Wildman–Crippen MR) is 47.9 cm³/mol. The third kappa shape index (κ3) is 2.29. The Balaban J connectivity index is 2.60. The molecule has 1 rings (SSSR count). The Morgan fingerprint density at radius 2 is 2.36 bits per heavy atom. The van der Waals surface area contributed by atoms with Gasteiger partial charge in [0.1, 0.15) is 0 Å². The van der Waals surface area contributed by atoms with Gasteiger partial charge in [0.25, 0.3) is 0 Å². The van der Waals surface area contributed by atoms with Crippen LogP contribution in [0.25, 0.3) is 0 Å². The van der Waals surface area contributed by atoms with Crippen LogP contribution in [0.4, 0.5) is 0 Å². The average Bonchev–Trinajstić information content (AvgIpc) is 2.36. The fourth-order valence-corrected chi connectivity index (χ4v) is 1.78. The number of thiophene rings is 1. The third-order valence-electron chi connectivity index (χ3n) is 1.47. The Hall–Kier alpha value is -0.380. The van der Waals surface area contributed by atoms with Gasteiger partial charge >= 0.3 is 0 Å². The van der Waals surface area contributed by atoms with Crippen LogP contribution in [0.1, 0.15) is 15.8 Å². The molecule has 0 aliphatic heterocycles. The Bertz CT molecular complexity index is 222. The number of nitrogens with two attached hydrogens (primary N) is 1. The van der Waals surface area contributed by atoms with E-state index in [1.807, 2.05) is 0 Å². The Morgan fingerprint density at radius 3 is 2.82 bits per heavy atom. The zero-order chi connectivity index (χ0) is 8.27. The number of aryl methyl sites for hydroxylation is 1. The lowest BCUT2D eigenvalue weighted by molar-refractivity contribution is 0.182. The molecular weight excluding hydrogens is 158 g/mol. The van der Waals surface area contributed by atoms with Crippen molar-refractivity contribution in [2.45, 2.75) is 13.0 Å². The molecule has 0 saturated carbocycles. The van der Waals surface area contributed by atoms with Gasteiger partial charge in [-0.05, 0) is 19.1 Å². The van der Waals surface area contributed by atoms with Crippen LogP contribution in [-0.2, 0) is 4.74 Å². The van der Waals surface area contributed by atoms with Gasteiger partial charge in [-0.1, -0.05) is 0 Å². The van der Waals surface area contributed by atoms with E-state index in [9.17, 15) is 0 Å². The van der Waals surface area contributed by atoms with Gasteiger partial charge in [0.2, 0.25) is 0 Å². The molecule has 0 radical (unpaired) electrons. The summed E-state index contributed by atoms with van der Waals surface area (Å²) in [4.78, 5) is 2.50. The van der Waals surface area contributed by atoms with Crippen molar-refractivity contribution in [2.24, 2.45) is 5.73 Å². The maximum absolute atomic E-state index is 5.80. The molecule has 0 unspecified atom stereocenters. The van der Waals surface area contributed by atoms with E-state index in [2.05, 4.69) is 19.1 Å². The fourth-order valence-electron chi connectivity index (χ4n) is 0.914. The van der Waals surface area contributed by atoms with Crippen LogP contribution in [0.3, 0.4) is 0 Å². The molecule has 1 aromatic rings. The van der Waals surface area contributed by atoms with E-state index < -0.39 is 0 Å². The van der Waals surface area contributed by atoms with Gasteiger partial charge in [0, 0.05) is 16.9 Å². The molecule has 0 aliphatic rings. The molecule has 2 nitrogen and oxygen atoms in total. The SMILES string of the molecule is COC[C@@H](N)c1ccc(C)s1. The molecule has 62 valence electrons. The zero-order valence-electron chi connectivity index (χ0n) is 6.83. The number of methoxy groups -OCH3 is 1. The second-order valence-corrected chi connectivity index (χ2v) is 3.83. The van der Waals surface area contributed by atoms with Crippen LogP contribution in [0, 0.1) is 6.92 Å². The molecule has 3 heteroatoms. The third-order valence-corrected chi connectivity index (χ3v) is 2.61. The molecule has 2 N–H and O–H groups in total. The monoisotopic (exact) mass is 171 g/mol. The van der Waals surface area contributed by atoms with E-state index in [4.69, 9.17) is 10.5 Å². The first kappa shape index (κ1) is 8.71. The quantitative estimate of drug-likeness (QED) is 0.751. The van der Waals surface area contributed by atoms with Gasteiger partial charge in [0.15, 0.2) is 0 Å². The zero-order valence-corrected chi connectivity index (χ0v) is 7.65. The highest BCUT2D eigenvalue weighted by Gasteiger charge is 2.06. The largest absolute Gasteiger partial charge is 0.383 e. The summed E-state index contributed by atoms with van der Waals surface area (Å²) in [5.74, 6) is 0. The molecule has 0 saturated heterocycles. The minimum absolute atomic E-state index is 0.0405. The first-order valence-electron chi connectivity index (χ1n) is 3.55. The van der Waals surface area contributed by atoms with Gasteiger partial charge in [-0.15, -0.1) is 11.3 Å². The van der Waals surface area contributed by atoms with E-state index in [0.29, 0.717) is 6.61 Å². The molecular formula is C8H13NOS. The number of rotatable bonds is 3. The van der Waals surface area contributed by atoms with Crippen LogP contribution in [0.5, 0.6) is 0 Å². The van der Waals surface area contributed by atoms with Crippen molar-refractivity contribution in [1.29, 1.82) is 0 Å². The summed E-state index contributed by atoms with van der Waals surface area (Å²) in [6.07, 6.45) is 0. The summed E-state index contributed by atoms with van der Waals surface area (Å²) in [6.45, 7) is 2.67. The molecule has 0 fully saturated rings. The van der Waals surface area contributed by atoms with Crippen molar-refractivity contribution < 1.29 is 4.74 Å². The van der Waals surface area contributed by atoms with Gasteiger partial charge < -0.3 is 10.5 Å². The molecule has 1 aromatic heterocycles. The maximum Gasteiger partial charge on any atom is 0.0663 e. The Morgan fingerprint density at radius 1 is 1.64 bits per heavy atom. The normalized spacial score (nSPS) is 13.4. The van der Waals surface area contributed by atoms with Crippen LogP contribution < -0.4 is 5.73 Å². The summed E-state index contributed by atoms with van der Waals surface area (Å²) in [5, 5.41) is 0. The van der Waals surface area contributed by atoms with Crippen molar-refractivity contribution >= 4 is 11.3 Å². The van der Waals surface area contributed by atoms with Gasteiger partial charge in [-0.3, -0.25) is 0 Å². The lowest BCUT2D eigenvalue weighted by atomic mass is 10.3. The van der Waals surface area contributed by atoms with Gasteiger partial charge in [0.05, 0.1) is 12.6 Å². The van der Waals surface area contributed by atoms with E-state index in [1.54, 1.807) is 18.4 Å². The van der Waals surface area contributed by atoms with Gasteiger partial charge in [-0.2, -0.15) is 0 Å². The Labute approximate surface area is 71.0 Å². The highest BCUT2D eigenvalue weighted by molar-refractivity contribution is 7.12. The molecule has 0 aliphatic carbocycles. The number of ether oxygens (including phenoxy) is 1. The highest BCUT2D eigenvalue weighted by atomic mass is 32.1. The fraction of sp³-hybridized carbons (Fsp3) is 0.500. The number of hydrogen-bond donors (Lipinski definition) is 1. The standard InChI is InChI=1S/C8H13NOS/c1-6-3-4-8(11-6)7(9)5-10-2/h3-4,7H,5,9H2,1-2H3/t7-/m1/s1. The summed E-state index contributed by atoms with van der Waals surface area (Å²) in [6, 6.07) is 4.18. The first-order valence-corrected chi connectivity index (χ1v) is 4.36. The second kappa shape index (κ2) is 3.85. The van der Waals surface area contributed by atoms with Crippen molar-refractivity contribution in [1.82, 2.24) is 0 Å². The average molecular weight is 171 g/mol. The molecule has 0 aromatic carbocycles. The molecule has 0 bridgehead atoms. The van der Waals surface area contributed by atoms with Gasteiger partial charge in [-0.25, -0.2) is 0 Å². The summed E-state index contributed by atoms with van der Waals surface area (Å²) >= 11 is 1.73. The van der Waals surface area contributed by atoms with Crippen molar-refractivity contribution in [3.05, 3.63) is 21.9 Å². The highest BCUT2D eigenvalue weighted by Crippen LogP contribution is 2.20. The molecule has 0 amide bonds. The van der Waals surface area contributed by atoms with Crippen LogP contribution >= 0.6 is 11.3 Å². The number of hydrogen-bond acceptors (Lipinski definition) is 3. The van der Waals surface area contributed by atoms with E-state index in [0.717, 1.165) is 0 Å². The smallest absolute Gasteiger partial charge is 0.0663 e. The van der Waals surface area contributed by atoms with Crippen LogP contribution in [-0.4, -0.2) is 13.7 Å². The van der Waals surface area contributed by atoms with Crippen molar-refractivity contribution in [3.63, 3.8) is 0 Å². The first-order chi connectivity index (χ1) is 5.24. The molecule has 1 heterocycles. The summed E-state index contributed by atoms with van der Waals surface area (Å²) in [5.41, 5.74) is 5.80. The van der Waals surface area contributed by atoms with Crippen LogP contribution in [0.2, 0.25) is 0 Å². The van der Waals surface area contributed by atoms with E-state index in [-0.39, 0.29) is 6.04 Å². The minimum atomic E-state index is 0.0405. The summed E-state index contributed by atoms with van der Waals surface area (Å²) < 4.78 is 4.95. The van der Waals surface area contributed by atoms with Crippen molar-refractivity contribution in [3.8, 4) is 0 Å². The Kier molecular flexibility index (Phi) is 3.05. The lowest BCUT2D eigenvalue weighted by Crippen LogP contribution is -2.14. The minimum Gasteiger partial charge on any atom is -0.383 e. The lowest BCUT2D eigenvalue weighted by Gasteiger charge is -2.06. The predicted octanol–water partition coefficient (Wildman–Crippen LogP) is 1.70. The maximum atomic E-state index is 5.80. The van der Waals surface area contributed by atoms with Crippen molar-refractivity contribution in [2.75, 3.05) is 13.7 Å².